The molecule has 0 amide bonds. The van der Waals surface area contributed by atoms with E-state index >= 15 is 0 Å². The molecule has 1 aliphatic rings. The van der Waals surface area contributed by atoms with E-state index in [0.717, 1.165) is 28.0 Å². The molecule has 0 radical (unpaired) electrons. The summed E-state index contributed by atoms with van der Waals surface area (Å²) in [5.41, 5.74) is 3.70. The van der Waals surface area contributed by atoms with Crippen LogP contribution < -0.4 is 0 Å². The number of aliphatic hydroxyl groups is 1. The van der Waals surface area contributed by atoms with Crippen LogP contribution in [-0.2, 0) is 12.6 Å². The topological polar surface area (TPSA) is 110 Å². The van der Waals surface area contributed by atoms with Crippen molar-refractivity contribution in [3.8, 4) is 28.6 Å². The van der Waals surface area contributed by atoms with Gasteiger partial charge < -0.3 is 5.11 Å². The minimum Gasteiger partial charge on any atom is -0.393 e. The highest BCUT2D eigenvalue weighted by molar-refractivity contribution is 5.78. The molecule has 0 aliphatic heterocycles. The Morgan fingerprint density at radius 2 is 2.00 bits per heavy atom. The molecule has 28 heavy (non-hydrogen) atoms. The maximum absolute atomic E-state index is 9.79. The van der Waals surface area contributed by atoms with Gasteiger partial charge in [0, 0.05) is 30.6 Å². The zero-order valence-electron chi connectivity index (χ0n) is 15.3. The largest absolute Gasteiger partial charge is 0.393 e. The van der Waals surface area contributed by atoms with Crippen LogP contribution in [0.3, 0.4) is 0 Å². The fourth-order valence-corrected chi connectivity index (χ4v) is 3.91. The van der Waals surface area contributed by atoms with Crippen LogP contribution in [0.2, 0.25) is 0 Å². The van der Waals surface area contributed by atoms with E-state index in [-0.39, 0.29) is 6.10 Å². The zero-order chi connectivity index (χ0) is 19.3. The first-order valence-corrected chi connectivity index (χ1v) is 9.02. The number of hydrogen-bond donors (Lipinski definition) is 1. The Morgan fingerprint density at radius 1 is 1.18 bits per heavy atom. The number of hydrogen-bond acceptors (Lipinski definition) is 6. The molecule has 0 saturated heterocycles. The van der Waals surface area contributed by atoms with Crippen molar-refractivity contribution in [1.82, 2.24) is 34.2 Å². The maximum atomic E-state index is 9.79. The summed E-state index contributed by atoms with van der Waals surface area (Å²) in [6.45, 7) is 0. The smallest absolute Gasteiger partial charge is 0.0999 e. The van der Waals surface area contributed by atoms with Gasteiger partial charge in [0.05, 0.1) is 65.8 Å². The molecule has 4 heterocycles. The van der Waals surface area contributed by atoms with E-state index < -0.39 is 5.54 Å². The third-order valence-electron chi connectivity index (χ3n) is 5.37. The average Bonchev–Trinajstić information content (AvgIpc) is 3.39. The number of fused-ring (bicyclic) bond motifs is 1. The van der Waals surface area contributed by atoms with Crippen molar-refractivity contribution in [1.29, 1.82) is 5.26 Å². The SMILES string of the molecule is Cn1cc(-c2cn3nccc3c(-c3cnn(C4(CC#N)CC(O)C4)c3)n2)cn1. The maximum Gasteiger partial charge on any atom is 0.0999 e. The van der Waals surface area contributed by atoms with E-state index in [1.807, 2.05) is 36.4 Å². The third-order valence-corrected chi connectivity index (χ3v) is 5.37. The molecule has 1 saturated carbocycles. The molecule has 9 nitrogen and oxygen atoms in total. The lowest BCUT2D eigenvalue weighted by Crippen LogP contribution is -2.49. The standard InChI is InChI=1S/C19H18N8O/c1-25-10-13(8-22-25)16-12-26-17(2-5-21-26)18(24-16)14-9-23-27(11-14)19(3-4-20)6-15(28)7-19/h2,5,8-12,15,28H,3,6-7H2,1H3. The summed E-state index contributed by atoms with van der Waals surface area (Å²) in [6, 6.07) is 4.13. The number of aromatic nitrogens is 7. The van der Waals surface area contributed by atoms with Gasteiger partial charge in [0.1, 0.15) is 0 Å². The van der Waals surface area contributed by atoms with Crippen LogP contribution in [-0.4, -0.2) is 45.4 Å². The quantitative estimate of drug-likeness (QED) is 0.583. The Kier molecular flexibility index (Phi) is 3.57. The van der Waals surface area contributed by atoms with Gasteiger partial charge in [-0.1, -0.05) is 0 Å². The number of rotatable bonds is 4. The van der Waals surface area contributed by atoms with Crippen LogP contribution in [0, 0.1) is 11.3 Å². The Hall–Kier alpha value is -3.51. The second kappa shape index (κ2) is 6.00. The first kappa shape index (κ1) is 16.6. The lowest BCUT2D eigenvalue weighted by atomic mass is 9.72. The summed E-state index contributed by atoms with van der Waals surface area (Å²) >= 11 is 0. The van der Waals surface area contributed by atoms with Crippen molar-refractivity contribution in [3.05, 3.63) is 43.2 Å². The van der Waals surface area contributed by atoms with Crippen molar-refractivity contribution in [2.45, 2.75) is 30.9 Å². The molecule has 140 valence electrons. The van der Waals surface area contributed by atoms with Gasteiger partial charge in [0.2, 0.25) is 0 Å². The Morgan fingerprint density at radius 3 is 2.71 bits per heavy atom. The molecular formula is C19H18N8O. The molecule has 9 heteroatoms. The van der Waals surface area contributed by atoms with Crippen LogP contribution in [0.25, 0.3) is 28.0 Å². The van der Waals surface area contributed by atoms with Crippen LogP contribution in [0.5, 0.6) is 0 Å². The third kappa shape index (κ3) is 2.50. The first-order chi connectivity index (χ1) is 13.6. The summed E-state index contributed by atoms with van der Waals surface area (Å²) < 4.78 is 5.33. The van der Waals surface area contributed by atoms with Crippen molar-refractivity contribution in [3.63, 3.8) is 0 Å². The molecule has 0 unspecified atom stereocenters. The molecule has 5 rings (SSSR count). The van der Waals surface area contributed by atoms with Gasteiger partial charge in [-0.25, -0.2) is 9.50 Å². The van der Waals surface area contributed by atoms with Crippen molar-refractivity contribution in [2.75, 3.05) is 0 Å². The highest BCUT2D eigenvalue weighted by Gasteiger charge is 2.46. The number of aliphatic hydroxyl groups excluding tert-OH is 1. The van der Waals surface area contributed by atoms with Crippen LogP contribution in [0.1, 0.15) is 19.3 Å². The minimum absolute atomic E-state index is 0.316. The fourth-order valence-electron chi connectivity index (χ4n) is 3.91. The predicted molar refractivity (Wildman–Crippen MR) is 99.9 cm³/mol. The van der Waals surface area contributed by atoms with Gasteiger partial charge in [-0.05, 0) is 18.9 Å². The average molecular weight is 374 g/mol. The normalized spacial score (nSPS) is 21.5. The van der Waals surface area contributed by atoms with E-state index in [2.05, 4.69) is 21.4 Å². The molecular weight excluding hydrogens is 356 g/mol. The van der Waals surface area contributed by atoms with Gasteiger partial charge in [0.25, 0.3) is 0 Å². The number of aryl methyl sites for hydroxylation is 1. The molecule has 1 aliphatic carbocycles. The first-order valence-electron chi connectivity index (χ1n) is 9.02. The summed E-state index contributed by atoms with van der Waals surface area (Å²) in [7, 11) is 1.86. The fraction of sp³-hybridized carbons (Fsp3) is 0.316. The van der Waals surface area contributed by atoms with Gasteiger partial charge in [-0.15, -0.1) is 0 Å². The molecule has 1 N–H and O–H groups in total. The van der Waals surface area contributed by atoms with E-state index in [9.17, 15) is 10.4 Å². The van der Waals surface area contributed by atoms with Crippen LogP contribution in [0.4, 0.5) is 0 Å². The second-order valence-corrected chi connectivity index (χ2v) is 7.33. The molecule has 0 spiro atoms. The summed E-state index contributed by atoms with van der Waals surface area (Å²) in [5.74, 6) is 0. The zero-order valence-corrected chi connectivity index (χ0v) is 15.3. The lowest BCUT2D eigenvalue weighted by Gasteiger charge is -2.44. The highest BCUT2D eigenvalue weighted by Crippen LogP contribution is 2.42. The molecule has 4 aromatic heterocycles. The van der Waals surface area contributed by atoms with Gasteiger partial charge in [-0.3, -0.25) is 9.36 Å². The van der Waals surface area contributed by atoms with Gasteiger partial charge in [-0.2, -0.15) is 20.6 Å². The summed E-state index contributed by atoms with van der Waals surface area (Å²) in [4.78, 5) is 4.85. The highest BCUT2D eigenvalue weighted by atomic mass is 16.3. The van der Waals surface area contributed by atoms with Crippen LogP contribution >= 0.6 is 0 Å². The Bertz CT molecular complexity index is 1200. The Balaban J connectivity index is 1.61. The molecule has 0 bridgehead atoms. The van der Waals surface area contributed by atoms with Crippen LogP contribution in [0.15, 0.2) is 43.2 Å². The number of nitriles is 1. The second-order valence-electron chi connectivity index (χ2n) is 7.33. The minimum atomic E-state index is -0.441. The van der Waals surface area contributed by atoms with Gasteiger partial charge in [0.15, 0.2) is 0 Å². The predicted octanol–water partition coefficient (Wildman–Crippen LogP) is 1.76. The summed E-state index contributed by atoms with van der Waals surface area (Å²) in [6.07, 6.45) is 11.9. The molecule has 0 aromatic carbocycles. The van der Waals surface area contributed by atoms with E-state index in [1.54, 1.807) is 27.8 Å². The van der Waals surface area contributed by atoms with E-state index in [0.29, 0.717) is 19.3 Å². The number of nitrogens with zero attached hydrogens (tertiary/aromatic N) is 8. The van der Waals surface area contributed by atoms with Crippen molar-refractivity contribution in [2.24, 2.45) is 7.05 Å². The lowest BCUT2D eigenvalue weighted by molar-refractivity contribution is -0.0268. The summed E-state index contributed by atoms with van der Waals surface area (Å²) in [5, 5.41) is 32.1. The van der Waals surface area contributed by atoms with Gasteiger partial charge >= 0.3 is 0 Å². The Labute approximate surface area is 160 Å². The molecule has 1 fully saturated rings. The monoisotopic (exact) mass is 374 g/mol. The van der Waals surface area contributed by atoms with Crippen molar-refractivity contribution >= 4 is 5.52 Å². The van der Waals surface area contributed by atoms with E-state index in [4.69, 9.17) is 4.98 Å². The van der Waals surface area contributed by atoms with E-state index in [1.165, 1.54) is 0 Å². The molecule has 0 atom stereocenters. The van der Waals surface area contributed by atoms with Crippen molar-refractivity contribution < 1.29 is 5.11 Å². The molecule has 4 aromatic rings.